The summed E-state index contributed by atoms with van der Waals surface area (Å²) < 4.78 is 43.8. The van der Waals surface area contributed by atoms with Gasteiger partial charge in [0.15, 0.2) is 0 Å². The van der Waals surface area contributed by atoms with E-state index in [1.165, 1.54) is 0 Å². The van der Waals surface area contributed by atoms with Crippen LogP contribution in [0.1, 0.15) is 31.1 Å². The lowest BCUT2D eigenvalue weighted by molar-refractivity contribution is -0.149. The Morgan fingerprint density at radius 3 is 2.42 bits per heavy atom. The lowest BCUT2D eigenvalue weighted by atomic mass is 9.94. The number of rotatable bonds is 5. The number of benzene rings is 2. The van der Waals surface area contributed by atoms with Crippen molar-refractivity contribution in [3.63, 3.8) is 0 Å². The quantitative estimate of drug-likeness (QED) is 0.477. The number of carbonyl (C=O) groups is 1. The zero-order valence-corrected chi connectivity index (χ0v) is 18.0. The summed E-state index contributed by atoms with van der Waals surface area (Å²) in [4.78, 5) is 12.7. The van der Waals surface area contributed by atoms with E-state index < -0.39 is 40.5 Å². The SMILES string of the molecule is Cc1c(-c2ccccc2)cccc1C(C#N)OC(=O)C1C(/C=C(\Cl)C(F)(F)F)C1(C)C. The van der Waals surface area contributed by atoms with Gasteiger partial charge in [-0.25, -0.2) is 0 Å². The van der Waals surface area contributed by atoms with E-state index in [2.05, 4.69) is 0 Å². The van der Waals surface area contributed by atoms with Crippen molar-refractivity contribution < 1.29 is 22.7 Å². The fraction of sp³-hybridized carbons (Fsp3) is 0.333. The van der Waals surface area contributed by atoms with Gasteiger partial charge in [-0.1, -0.05) is 80.1 Å². The van der Waals surface area contributed by atoms with Crippen LogP contribution in [-0.2, 0) is 9.53 Å². The smallest absolute Gasteiger partial charge is 0.426 e. The first-order valence-electron chi connectivity index (χ1n) is 9.68. The fourth-order valence-electron chi connectivity index (χ4n) is 3.91. The lowest BCUT2D eigenvalue weighted by Gasteiger charge is -2.17. The molecule has 0 aliphatic heterocycles. The van der Waals surface area contributed by atoms with Crippen molar-refractivity contribution in [2.24, 2.45) is 17.3 Å². The molecule has 1 saturated carbocycles. The molecule has 3 rings (SSSR count). The number of carbonyl (C=O) groups excluding carboxylic acids is 1. The molecule has 162 valence electrons. The van der Waals surface area contributed by atoms with Gasteiger partial charge >= 0.3 is 12.1 Å². The summed E-state index contributed by atoms with van der Waals surface area (Å²) in [7, 11) is 0. The molecule has 0 N–H and O–H groups in total. The van der Waals surface area contributed by atoms with Crippen molar-refractivity contribution in [1.82, 2.24) is 0 Å². The lowest BCUT2D eigenvalue weighted by Crippen LogP contribution is -2.15. The van der Waals surface area contributed by atoms with E-state index in [0.717, 1.165) is 22.8 Å². The first-order chi connectivity index (χ1) is 14.5. The number of halogens is 4. The average Bonchev–Trinajstić information content (AvgIpc) is 3.26. The van der Waals surface area contributed by atoms with Gasteiger partial charge in [0.25, 0.3) is 0 Å². The summed E-state index contributed by atoms with van der Waals surface area (Å²) in [6.07, 6.45) is -4.98. The minimum Gasteiger partial charge on any atom is -0.442 e. The average molecular weight is 448 g/mol. The zero-order chi connectivity index (χ0) is 23.0. The van der Waals surface area contributed by atoms with Gasteiger partial charge in [0.2, 0.25) is 6.10 Å². The predicted octanol–water partition coefficient (Wildman–Crippen LogP) is 6.73. The van der Waals surface area contributed by atoms with Gasteiger partial charge in [0, 0.05) is 5.56 Å². The minimum absolute atomic E-state index is 0.538. The number of hydrogen-bond acceptors (Lipinski definition) is 3. The maximum Gasteiger partial charge on any atom is 0.426 e. The second kappa shape index (κ2) is 8.39. The van der Waals surface area contributed by atoms with Crippen LogP contribution >= 0.6 is 11.6 Å². The van der Waals surface area contributed by atoms with Crippen LogP contribution in [0.25, 0.3) is 11.1 Å². The van der Waals surface area contributed by atoms with Gasteiger partial charge in [-0.15, -0.1) is 0 Å². The van der Waals surface area contributed by atoms with E-state index in [-0.39, 0.29) is 0 Å². The van der Waals surface area contributed by atoms with E-state index >= 15 is 0 Å². The molecule has 0 heterocycles. The van der Waals surface area contributed by atoms with Crippen LogP contribution in [0, 0.1) is 35.5 Å². The second-order valence-electron chi connectivity index (χ2n) is 8.17. The third-order valence-corrected chi connectivity index (χ3v) is 6.20. The van der Waals surface area contributed by atoms with E-state index in [9.17, 15) is 23.2 Å². The molecule has 7 heteroatoms. The van der Waals surface area contributed by atoms with Crippen LogP contribution in [0.2, 0.25) is 0 Å². The van der Waals surface area contributed by atoms with Crippen LogP contribution < -0.4 is 0 Å². The first kappa shape index (κ1) is 22.9. The second-order valence-corrected chi connectivity index (χ2v) is 8.58. The predicted molar refractivity (Wildman–Crippen MR) is 112 cm³/mol. The Hall–Kier alpha value is -2.78. The molecule has 3 atom stereocenters. The Morgan fingerprint density at radius 1 is 1.19 bits per heavy atom. The van der Waals surface area contributed by atoms with Crippen molar-refractivity contribution in [3.05, 3.63) is 70.8 Å². The Kier molecular flexibility index (Phi) is 6.20. The molecule has 0 saturated heterocycles. The van der Waals surface area contributed by atoms with Crippen LogP contribution in [0.5, 0.6) is 0 Å². The zero-order valence-electron chi connectivity index (χ0n) is 17.2. The monoisotopic (exact) mass is 447 g/mol. The molecule has 0 bridgehead atoms. The summed E-state index contributed by atoms with van der Waals surface area (Å²) in [6, 6.07) is 17.0. The summed E-state index contributed by atoms with van der Waals surface area (Å²) in [5.74, 6) is -2.24. The molecule has 1 fully saturated rings. The Morgan fingerprint density at radius 2 is 1.84 bits per heavy atom. The van der Waals surface area contributed by atoms with Crippen molar-refractivity contribution in [2.75, 3.05) is 0 Å². The van der Waals surface area contributed by atoms with Gasteiger partial charge in [-0.3, -0.25) is 4.79 Å². The summed E-state index contributed by atoms with van der Waals surface area (Å²) >= 11 is 5.35. The first-order valence-corrected chi connectivity index (χ1v) is 10.1. The fourth-order valence-corrected chi connectivity index (χ4v) is 4.04. The standard InChI is InChI=1S/C24H21ClF3NO2/c1-14-16(15-8-5-4-6-9-15)10-7-11-17(14)19(13-29)31-22(30)21-18(23(21,2)3)12-20(25)24(26,27)28/h4-12,18-19,21H,1-3H3/b20-12-. The Bertz CT molecular complexity index is 1050. The molecule has 0 radical (unpaired) electrons. The normalized spacial score (nSPS) is 21.2. The largest absolute Gasteiger partial charge is 0.442 e. The molecule has 0 amide bonds. The number of esters is 1. The summed E-state index contributed by atoms with van der Waals surface area (Å²) in [5, 5.41) is 8.40. The molecular formula is C24H21ClF3NO2. The maximum atomic E-state index is 12.8. The molecule has 2 aromatic carbocycles. The van der Waals surface area contributed by atoms with Crippen molar-refractivity contribution in [3.8, 4) is 17.2 Å². The number of hydrogen-bond donors (Lipinski definition) is 0. The van der Waals surface area contributed by atoms with Gasteiger partial charge in [0.05, 0.1) is 5.92 Å². The molecule has 3 unspecified atom stereocenters. The van der Waals surface area contributed by atoms with Crippen LogP contribution in [0.15, 0.2) is 59.6 Å². The molecule has 1 aliphatic rings. The third-order valence-electron chi connectivity index (χ3n) is 5.86. The van der Waals surface area contributed by atoms with E-state index in [1.807, 2.05) is 49.4 Å². The van der Waals surface area contributed by atoms with Crippen LogP contribution in [-0.4, -0.2) is 12.1 Å². The highest BCUT2D eigenvalue weighted by Crippen LogP contribution is 2.60. The number of nitrogens with zero attached hydrogens (tertiary/aromatic N) is 1. The van der Waals surface area contributed by atoms with E-state index in [1.54, 1.807) is 26.0 Å². The van der Waals surface area contributed by atoms with E-state index in [4.69, 9.17) is 16.3 Å². The maximum absolute atomic E-state index is 12.8. The third kappa shape index (κ3) is 4.62. The molecule has 3 nitrogen and oxygen atoms in total. The Balaban J connectivity index is 1.83. The minimum atomic E-state index is -4.67. The number of alkyl halides is 3. The van der Waals surface area contributed by atoms with Gasteiger partial charge in [-0.05, 0) is 34.9 Å². The molecular weight excluding hydrogens is 427 g/mol. The van der Waals surface area contributed by atoms with Crippen molar-refractivity contribution in [2.45, 2.75) is 33.1 Å². The molecule has 0 spiro atoms. The van der Waals surface area contributed by atoms with Gasteiger partial charge in [0.1, 0.15) is 11.1 Å². The van der Waals surface area contributed by atoms with Gasteiger partial charge < -0.3 is 4.74 Å². The molecule has 1 aliphatic carbocycles. The highest BCUT2D eigenvalue weighted by atomic mass is 35.5. The highest BCUT2D eigenvalue weighted by Gasteiger charge is 2.62. The molecule has 2 aromatic rings. The topological polar surface area (TPSA) is 50.1 Å². The van der Waals surface area contributed by atoms with Crippen LogP contribution in [0.3, 0.4) is 0 Å². The highest BCUT2D eigenvalue weighted by molar-refractivity contribution is 6.30. The number of allylic oxidation sites excluding steroid dienone is 2. The number of nitriles is 1. The van der Waals surface area contributed by atoms with E-state index in [0.29, 0.717) is 5.56 Å². The molecule has 0 aromatic heterocycles. The van der Waals surface area contributed by atoms with Crippen molar-refractivity contribution >= 4 is 17.6 Å². The Labute approximate surface area is 184 Å². The van der Waals surface area contributed by atoms with Gasteiger partial charge in [-0.2, -0.15) is 18.4 Å². The summed E-state index contributed by atoms with van der Waals surface area (Å²) in [5.41, 5.74) is 2.44. The summed E-state index contributed by atoms with van der Waals surface area (Å²) in [6.45, 7) is 5.18. The number of ether oxygens (including phenoxy) is 1. The van der Waals surface area contributed by atoms with Crippen molar-refractivity contribution in [1.29, 1.82) is 5.26 Å². The van der Waals surface area contributed by atoms with Crippen LogP contribution in [0.4, 0.5) is 13.2 Å². The molecule has 31 heavy (non-hydrogen) atoms.